The first-order valence-corrected chi connectivity index (χ1v) is 7.75. The third-order valence-corrected chi connectivity index (χ3v) is 6.15. The van der Waals surface area contributed by atoms with Gasteiger partial charge in [0.1, 0.15) is 0 Å². The molecule has 0 aromatic heterocycles. The molecule has 3 saturated carbocycles. The van der Waals surface area contributed by atoms with Crippen molar-refractivity contribution in [2.75, 3.05) is 14.2 Å². The SMILES string of the molecule is COC1CCC2(CC1)CC1(CCC(OC)CC1)C2. The molecular formula is C16H28O2. The van der Waals surface area contributed by atoms with Crippen molar-refractivity contribution in [1.82, 2.24) is 0 Å². The van der Waals surface area contributed by atoms with Gasteiger partial charge in [-0.25, -0.2) is 0 Å². The number of methoxy groups -OCH3 is 2. The van der Waals surface area contributed by atoms with E-state index in [0.29, 0.717) is 12.2 Å². The molecule has 0 saturated heterocycles. The van der Waals surface area contributed by atoms with E-state index < -0.39 is 0 Å². The minimum atomic E-state index is 0.552. The Balaban J connectivity index is 1.51. The first kappa shape index (κ1) is 12.9. The zero-order valence-corrected chi connectivity index (χ0v) is 12.0. The highest BCUT2D eigenvalue weighted by molar-refractivity contribution is 5.06. The third kappa shape index (κ3) is 2.22. The van der Waals surface area contributed by atoms with Crippen LogP contribution in [0.1, 0.15) is 64.2 Å². The predicted molar refractivity (Wildman–Crippen MR) is 72.6 cm³/mol. The summed E-state index contributed by atoms with van der Waals surface area (Å²) in [5.74, 6) is 0. The molecule has 104 valence electrons. The van der Waals surface area contributed by atoms with E-state index in [0.717, 1.165) is 10.8 Å². The van der Waals surface area contributed by atoms with Crippen LogP contribution in [-0.4, -0.2) is 26.4 Å². The molecule has 2 nitrogen and oxygen atoms in total. The summed E-state index contributed by atoms with van der Waals surface area (Å²) >= 11 is 0. The Morgan fingerprint density at radius 3 is 1.28 bits per heavy atom. The van der Waals surface area contributed by atoms with E-state index in [9.17, 15) is 0 Å². The van der Waals surface area contributed by atoms with Crippen molar-refractivity contribution in [3.8, 4) is 0 Å². The maximum atomic E-state index is 5.50. The summed E-state index contributed by atoms with van der Waals surface area (Å²) in [6.07, 6.45) is 15.0. The quantitative estimate of drug-likeness (QED) is 0.741. The summed E-state index contributed by atoms with van der Waals surface area (Å²) < 4.78 is 11.0. The fraction of sp³-hybridized carbons (Fsp3) is 1.00. The second kappa shape index (κ2) is 4.79. The van der Waals surface area contributed by atoms with E-state index in [2.05, 4.69) is 0 Å². The van der Waals surface area contributed by atoms with Crippen LogP contribution in [0.2, 0.25) is 0 Å². The molecule has 18 heavy (non-hydrogen) atoms. The summed E-state index contributed by atoms with van der Waals surface area (Å²) in [5.41, 5.74) is 1.43. The lowest BCUT2D eigenvalue weighted by Crippen LogP contribution is -2.51. The first-order chi connectivity index (χ1) is 8.69. The van der Waals surface area contributed by atoms with E-state index in [1.165, 1.54) is 64.2 Å². The molecular weight excluding hydrogens is 224 g/mol. The number of ether oxygens (including phenoxy) is 2. The maximum absolute atomic E-state index is 5.50. The van der Waals surface area contributed by atoms with E-state index in [-0.39, 0.29) is 0 Å². The molecule has 2 spiro atoms. The summed E-state index contributed by atoms with van der Waals surface area (Å²) in [6, 6.07) is 0. The van der Waals surface area contributed by atoms with Crippen LogP contribution in [0.5, 0.6) is 0 Å². The first-order valence-electron chi connectivity index (χ1n) is 7.75. The molecule has 0 bridgehead atoms. The van der Waals surface area contributed by atoms with Crippen LogP contribution < -0.4 is 0 Å². The van der Waals surface area contributed by atoms with Gasteiger partial charge in [-0.05, 0) is 75.0 Å². The van der Waals surface area contributed by atoms with Crippen molar-refractivity contribution in [3.63, 3.8) is 0 Å². The summed E-state index contributed by atoms with van der Waals surface area (Å²) in [7, 11) is 3.74. The molecule has 0 amide bonds. The van der Waals surface area contributed by atoms with Gasteiger partial charge in [-0.15, -0.1) is 0 Å². The van der Waals surface area contributed by atoms with E-state index in [1.54, 1.807) is 0 Å². The molecule has 3 rings (SSSR count). The Kier molecular flexibility index (Phi) is 3.44. The topological polar surface area (TPSA) is 18.5 Å². The zero-order valence-electron chi connectivity index (χ0n) is 12.0. The highest BCUT2D eigenvalue weighted by atomic mass is 16.5. The van der Waals surface area contributed by atoms with Gasteiger partial charge in [0, 0.05) is 14.2 Å². The van der Waals surface area contributed by atoms with E-state index >= 15 is 0 Å². The minimum absolute atomic E-state index is 0.552. The smallest absolute Gasteiger partial charge is 0.0571 e. The molecule has 2 heteroatoms. The van der Waals surface area contributed by atoms with Gasteiger partial charge in [-0.1, -0.05) is 0 Å². The lowest BCUT2D eigenvalue weighted by Gasteiger charge is -2.61. The van der Waals surface area contributed by atoms with Crippen LogP contribution in [0.4, 0.5) is 0 Å². The van der Waals surface area contributed by atoms with Gasteiger partial charge >= 0.3 is 0 Å². The van der Waals surface area contributed by atoms with Gasteiger partial charge < -0.3 is 9.47 Å². The van der Waals surface area contributed by atoms with Crippen molar-refractivity contribution in [1.29, 1.82) is 0 Å². The minimum Gasteiger partial charge on any atom is -0.381 e. The number of hydrogen-bond acceptors (Lipinski definition) is 2. The Labute approximate surface area is 111 Å². The molecule has 0 heterocycles. The van der Waals surface area contributed by atoms with Gasteiger partial charge in [0.2, 0.25) is 0 Å². The summed E-state index contributed by atoms with van der Waals surface area (Å²) in [5, 5.41) is 0. The predicted octanol–water partition coefficient (Wildman–Crippen LogP) is 3.93. The normalized spacial score (nSPS) is 48.3. The maximum Gasteiger partial charge on any atom is 0.0571 e. The van der Waals surface area contributed by atoms with Crippen molar-refractivity contribution in [3.05, 3.63) is 0 Å². The average Bonchev–Trinajstić information content (AvgIpc) is 2.39. The summed E-state index contributed by atoms with van der Waals surface area (Å²) in [4.78, 5) is 0. The molecule has 0 aromatic rings. The zero-order chi connectivity index (χ0) is 12.6. The molecule has 3 aliphatic carbocycles. The second-order valence-electron chi connectivity index (χ2n) is 7.22. The van der Waals surface area contributed by atoms with Crippen molar-refractivity contribution >= 4 is 0 Å². The molecule has 3 aliphatic rings. The number of hydrogen-bond donors (Lipinski definition) is 0. The Morgan fingerprint density at radius 2 is 1.00 bits per heavy atom. The van der Waals surface area contributed by atoms with Gasteiger partial charge in [0.15, 0.2) is 0 Å². The Morgan fingerprint density at radius 1 is 0.667 bits per heavy atom. The van der Waals surface area contributed by atoms with Gasteiger partial charge in [0.05, 0.1) is 12.2 Å². The van der Waals surface area contributed by atoms with Gasteiger partial charge in [0.25, 0.3) is 0 Å². The average molecular weight is 252 g/mol. The van der Waals surface area contributed by atoms with Gasteiger partial charge in [-0.3, -0.25) is 0 Å². The molecule has 0 unspecified atom stereocenters. The molecule has 3 fully saturated rings. The Hall–Kier alpha value is -0.0800. The van der Waals surface area contributed by atoms with Crippen molar-refractivity contribution in [2.45, 2.75) is 76.4 Å². The monoisotopic (exact) mass is 252 g/mol. The molecule has 0 radical (unpaired) electrons. The van der Waals surface area contributed by atoms with Crippen LogP contribution in [-0.2, 0) is 9.47 Å². The lowest BCUT2D eigenvalue weighted by atomic mass is 9.45. The fourth-order valence-corrected chi connectivity index (χ4v) is 5.13. The van der Waals surface area contributed by atoms with E-state index in [1.807, 2.05) is 14.2 Å². The standard InChI is InChI=1S/C16H28O2/c1-17-13-3-7-15(8-4-13)11-16(12-15)9-5-14(18-2)6-10-16/h13-14H,3-12H2,1-2H3. The highest BCUT2D eigenvalue weighted by Gasteiger charge is 2.55. The molecule has 0 aromatic carbocycles. The van der Waals surface area contributed by atoms with Crippen LogP contribution in [0.25, 0.3) is 0 Å². The second-order valence-corrected chi connectivity index (χ2v) is 7.22. The van der Waals surface area contributed by atoms with Gasteiger partial charge in [-0.2, -0.15) is 0 Å². The van der Waals surface area contributed by atoms with Crippen LogP contribution in [0.3, 0.4) is 0 Å². The van der Waals surface area contributed by atoms with Crippen molar-refractivity contribution in [2.24, 2.45) is 10.8 Å². The van der Waals surface area contributed by atoms with Crippen LogP contribution in [0, 0.1) is 10.8 Å². The highest BCUT2D eigenvalue weighted by Crippen LogP contribution is 2.66. The molecule has 0 N–H and O–H groups in total. The lowest BCUT2D eigenvalue weighted by molar-refractivity contribution is -0.122. The molecule has 0 aliphatic heterocycles. The van der Waals surface area contributed by atoms with Crippen LogP contribution >= 0.6 is 0 Å². The Bertz CT molecular complexity index is 245. The summed E-state index contributed by atoms with van der Waals surface area (Å²) in [6.45, 7) is 0. The fourth-order valence-electron chi connectivity index (χ4n) is 5.13. The van der Waals surface area contributed by atoms with Crippen molar-refractivity contribution < 1.29 is 9.47 Å². The molecule has 0 atom stereocenters. The largest absolute Gasteiger partial charge is 0.381 e. The third-order valence-electron chi connectivity index (χ3n) is 6.15. The van der Waals surface area contributed by atoms with E-state index in [4.69, 9.17) is 9.47 Å². The number of rotatable bonds is 2. The van der Waals surface area contributed by atoms with Crippen LogP contribution in [0.15, 0.2) is 0 Å².